The molecule has 2 rings (SSSR count). The van der Waals surface area contributed by atoms with Crippen LogP contribution in [0.5, 0.6) is 0 Å². The van der Waals surface area contributed by atoms with Crippen LogP contribution < -0.4 is 5.73 Å². The van der Waals surface area contributed by atoms with Crippen LogP contribution in [0.3, 0.4) is 0 Å². The highest BCUT2D eigenvalue weighted by Crippen LogP contribution is 2.48. The van der Waals surface area contributed by atoms with Crippen molar-refractivity contribution in [2.45, 2.75) is 24.2 Å². The first-order valence-electron chi connectivity index (χ1n) is 5.66. The quantitative estimate of drug-likeness (QED) is 0.874. The number of benzene rings is 1. The molecule has 1 aliphatic carbocycles. The van der Waals surface area contributed by atoms with Crippen LogP contribution in [0.1, 0.15) is 19.3 Å². The normalized spacial score (nSPS) is 18.0. The van der Waals surface area contributed by atoms with Crippen LogP contribution >= 0.6 is 0 Å². The van der Waals surface area contributed by atoms with Crippen molar-refractivity contribution in [3.05, 3.63) is 30.1 Å². The molecule has 1 aromatic carbocycles. The van der Waals surface area contributed by atoms with Crippen LogP contribution in [-0.4, -0.2) is 20.7 Å². The molecule has 0 radical (unpaired) electrons. The lowest BCUT2D eigenvalue weighted by Gasteiger charge is -2.12. The number of rotatable bonds is 5. The average molecular weight is 257 g/mol. The van der Waals surface area contributed by atoms with Crippen molar-refractivity contribution in [3.8, 4) is 0 Å². The number of nitrogens with two attached hydrogens (primary N) is 1. The van der Waals surface area contributed by atoms with E-state index in [0.29, 0.717) is 13.0 Å². The molecule has 2 N–H and O–H groups in total. The summed E-state index contributed by atoms with van der Waals surface area (Å²) >= 11 is 0. The maximum Gasteiger partial charge on any atom is 0.178 e. The lowest BCUT2D eigenvalue weighted by Crippen LogP contribution is -2.19. The van der Waals surface area contributed by atoms with Crippen LogP contribution in [-0.2, 0) is 9.84 Å². The maximum absolute atomic E-state index is 13.0. The van der Waals surface area contributed by atoms with Gasteiger partial charge in [-0.2, -0.15) is 0 Å². The Balaban J connectivity index is 2.09. The highest BCUT2D eigenvalue weighted by molar-refractivity contribution is 7.91. The Labute approximate surface area is 101 Å². The van der Waals surface area contributed by atoms with E-state index in [1.165, 1.54) is 18.2 Å². The molecule has 0 unspecified atom stereocenters. The Bertz CT molecular complexity index is 509. The van der Waals surface area contributed by atoms with E-state index in [4.69, 9.17) is 5.73 Å². The molecule has 1 aliphatic rings. The van der Waals surface area contributed by atoms with Gasteiger partial charge in [0.15, 0.2) is 9.84 Å². The highest BCUT2D eigenvalue weighted by atomic mass is 32.2. The van der Waals surface area contributed by atoms with Gasteiger partial charge in [-0.15, -0.1) is 0 Å². The predicted molar refractivity (Wildman–Crippen MR) is 63.8 cm³/mol. The molecule has 3 nitrogen and oxygen atoms in total. The van der Waals surface area contributed by atoms with E-state index in [-0.39, 0.29) is 16.1 Å². The molecular weight excluding hydrogens is 241 g/mol. The zero-order valence-electron chi connectivity index (χ0n) is 9.52. The predicted octanol–water partition coefficient (Wildman–Crippen LogP) is 1.73. The molecule has 5 heteroatoms. The summed E-state index contributed by atoms with van der Waals surface area (Å²) in [4.78, 5) is 0.0605. The Morgan fingerprint density at radius 2 is 2.06 bits per heavy atom. The van der Waals surface area contributed by atoms with Crippen molar-refractivity contribution in [3.63, 3.8) is 0 Å². The molecule has 94 valence electrons. The second-order valence-corrected chi connectivity index (χ2v) is 6.84. The largest absolute Gasteiger partial charge is 0.330 e. The maximum atomic E-state index is 13.0. The third-order valence-electron chi connectivity index (χ3n) is 3.45. The molecule has 0 aliphatic heterocycles. The molecule has 17 heavy (non-hydrogen) atoms. The first-order valence-corrected chi connectivity index (χ1v) is 7.31. The lowest BCUT2D eigenvalue weighted by molar-refractivity contribution is 0.498. The standard InChI is InChI=1S/C12H16FNO2S/c13-10-2-1-3-11(8-10)17(15,16)7-6-12(9-14)4-5-12/h1-3,8H,4-7,9,14H2. The van der Waals surface area contributed by atoms with E-state index >= 15 is 0 Å². The molecular formula is C12H16FNO2S. The van der Waals surface area contributed by atoms with E-state index in [1.807, 2.05) is 0 Å². The highest BCUT2D eigenvalue weighted by Gasteiger charge is 2.41. The summed E-state index contributed by atoms with van der Waals surface area (Å²) in [6.45, 7) is 0.533. The molecule has 0 spiro atoms. The smallest absolute Gasteiger partial charge is 0.178 e. The van der Waals surface area contributed by atoms with Crippen LogP contribution in [0.15, 0.2) is 29.2 Å². The summed E-state index contributed by atoms with van der Waals surface area (Å²) in [5, 5.41) is 0. The van der Waals surface area contributed by atoms with E-state index in [9.17, 15) is 12.8 Å². The molecule has 0 aromatic heterocycles. The van der Waals surface area contributed by atoms with Crippen LogP contribution in [0.2, 0.25) is 0 Å². The topological polar surface area (TPSA) is 60.2 Å². The number of sulfone groups is 1. The molecule has 1 fully saturated rings. The van der Waals surface area contributed by atoms with Gasteiger partial charge in [0.25, 0.3) is 0 Å². The van der Waals surface area contributed by atoms with Gasteiger partial charge in [-0.1, -0.05) is 6.07 Å². The second kappa shape index (κ2) is 4.38. The minimum atomic E-state index is -3.38. The van der Waals surface area contributed by atoms with Crippen LogP contribution in [0.25, 0.3) is 0 Å². The Kier molecular flexibility index (Phi) is 3.23. The lowest BCUT2D eigenvalue weighted by atomic mass is 10.1. The first kappa shape index (κ1) is 12.5. The Hall–Kier alpha value is -0.940. The van der Waals surface area contributed by atoms with E-state index < -0.39 is 15.7 Å². The third kappa shape index (κ3) is 2.84. The van der Waals surface area contributed by atoms with Gasteiger partial charge in [-0.05, 0) is 49.4 Å². The van der Waals surface area contributed by atoms with Crippen LogP contribution in [0, 0.1) is 11.2 Å². The summed E-state index contributed by atoms with van der Waals surface area (Å²) in [5.41, 5.74) is 5.63. The van der Waals surface area contributed by atoms with E-state index in [0.717, 1.165) is 18.9 Å². The zero-order chi connectivity index (χ0) is 12.5. The summed E-state index contributed by atoms with van der Waals surface area (Å²) < 4.78 is 36.9. The fourth-order valence-electron chi connectivity index (χ4n) is 1.86. The van der Waals surface area contributed by atoms with Crippen molar-refractivity contribution >= 4 is 9.84 Å². The van der Waals surface area contributed by atoms with Gasteiger partial charge in [0.05, 0.1) is 10.6 Å². The molecule has 0 bridgehead atoms. The summed E-state index contributed by atoms with van der Waals surface area (Å²) in [5.74, 6) is -0.473. The Morgan fingerprint density at radius 3 is 2.59 bits per heavy atom. The van der Waals surface area contributed by atoms with Gasteiger partial charge in [0.2, 0.25) is 0 Å². The summed E-state index contributed by atoms with van der Waals surface area (Å²) in [7, 11) is -3.38. The summed E-state index contributed by atoms with van der Waals surface area (Å²) in [6, 6.07) is 5.15. The molecule has 1 aromatic rings. The minimum absolute atomic E-state index is 0.0282. The SMILES string of the molecule is NCC1(CCS(=O)(=O)c2cccc(F)c2)CC1. The van der Waals surface area contributed by atoms with E-state index in [1.54, 1.807) is 0 Å². The van der Waals surface area contributed by atoms with Crippen molar-refractivity contribution in [1.82, 2.24) is 0 Å². The van der Waals surface area contributed by atoms with Gasteiger partial charge in [0, 0.05) is 0 Å². The van der Waals surface area contributed by atoms with Gasteiger partial charge >= 0.3 is 0 Å². The van der Waals surface area contributed by atoms with Crippen molar-refractivity contribution < 1.29 is 12.8 Å². The van der Waals surface area contributed by atoms with Gasteiger partial charge in [-0.25, -0.2) is 12.8 Å². The molecule has 0 atom stereocenters. The Morgan fingerprint density at radius 1 is 1.35 bits per heavy atom. The first-order chi connectivity index (χ1) is 7.97. The molecule has 0 saturated heterocycles. The summed E-state index contributed by atoms with van der Waals surface area (Å²) in [6.07, 6.45) is 2.58. The van der Waals surface area contributed by atoms with Crippen LogP contribution in [0.4, 0.5) is 4.39 Å². The van der Waals surface area contributed by atoms with E-state index in [2.05, 4.69) is 0 Å². The van der Waals surface area contributed by atoms with Gasteiger partial charge in [-0.3, -0.25) is 0 Å². The fourth-order valence-corrected chi connectivity index (χ4v) is 3.38. The zero-order valence-corrected chi connectivity index (χ0v) is 10.3. The van der Waals surface area contributed by atoms with Crippen molar-refractivity contribution in [1.29, 1.82) is 0 Å². The average Bonchev–Trinajstić information content (AvgIpc) is 3.07. The monoisotopic (exact) mass is 257 g/mol. The fraction of sp³-hybridized carbons (Fsp3) is 0.500. The molecule has 0 heterocycles. The van der Waals surface area contributed by atoms with Gasteiger partial charge < -0.3 is 5.73 Å². The number of hydrogen-bond donors (Lipinski definition) is 1. The minimum Gasteiger partial charge on any atom is -0.330 e. The van der Waals surface area contributed by atoms with Crippen molar-refractivity contribution in [2.24, 2.45) is 11.1 Å². The third-order valence-corrected chi connectivity index (χ3v) is 5.16. The molecule has 0 amide bonds. The molecule has 1 saturated carbocycles. The second-order valence-electron chi connectivity index (χ2n) is 4.73. The van der Waals surface area contributed by atoms with Gasteiger partial charge in [0.1, 0.15) is 5.82 Å². The number of halogens is 1. The number of hydrogen-bond acceptors (Lipinski definition) is 3. The van der Waals surface area contributed by atoms with Crippen molar-refractivity contribution in [2.75, 3.05) is 12.3 Å².